The van der Waals surface area contributed by atoms with E-state index in [2.05, 4.69) is 26.0 Å². The number of rotatable bonds is 4. The van der Waals surface area contributed by atoms with Gasteiger partial charge in [-0.3, -0.25) is 4.79 Å². The number of hydrogen-bond acceptors (Lipinski definition) is 6. The number of amides is 1. The van der Waals surface area contributed by atoms with E-state index in [0.29, 0.717) is 17.4 Å². The van der Waals surface area contributed by atoms with Crippen molar-refractivity contribution in [1.29, 1.82) is 0 Å². The van der Waals surface area contributed by atoms with Gasteiger partial charge in [-0.15, -0.1) is 10.2 Å². The normalized spacial score (nSPS) is 10.2. The number of carbonyl (C=O) groups excluding carboxylic acids is 1. The van der Waals surface area contributed by atoms with E-state index in [-0.39, 0.29) is 5.69 Å². The molecule has 3 aromatic rings. The summed E-state index contributed by atoms with van der Waals surface area (Å²) in [6.07, 6.45) is 0. The maximum atomic E-state index is 12.0. The molecule has 2 N–H and O–H groups in total. The second kappa shape index (κ2) is 6.04. The fourth-order valence-corrected chi connectivity index (χ4v) is 1.80. The van der Waals surface area contributed by atoms with Crippen LogP contribution in [0.4, 0.5) is 17.3 Å². The zero-order valence-corrected chi connectivity index (χ0v) is 11.8. The fraction of sp³-hybridized carbons (Fsp3) is 0.0667. The molecule has 0 saturated carbocycles. The first-order chi connectivity index (χ1) is 10.7. The largest absolute Gasteiger partial charge is 0.360 e. The van der Waals surface area contributed by atoms with Gasteiger partial charge in [-0.25, -0.2) is 0 Å². The average molecular weight is 295 g/mol. The summed E-state index contributed by atoms with van der Waals surface area (Å²) in [5.74, 6) is 1.12. The minimum atomic E-state index is -0.396. The SMILES string of the molecule is Cc1cc(NC(=O)c2ccc(Nc3ccccc3)nn2)no1. The van der Waals surface area contributed by atoms with Crippen LogP contribution in [0.1, 0.15) is 16.2 Å². The van der Waals surface area contributed by atoms with Crippen LogP contribution in [0, 0.1) is 6.92 Å². The first kappa shape index (κ1) is 13.7. The highest BCUT2D eigenvalue weighted by Gasteiger charge is 2.11. The predicted octanol–water partition coefficient (Wildman–Crippen LogP) is 2.77. The summed E-state index contributed by atoms with van der Waals surface area (Å²) in [5, 5.41) is 17.2. The number of aryl methyl sites for hydroxylation is 1. The lowest BCUT2D eigenvalue weighted by Crippen LogP contribution is -2.14. The number of aromatic nitrogens is 3. The maximum absolute atomic E-state index is 12.0. The number of anilines is 3. The van der Waals surface area contributed by atoms with Crippen molar-refractivity contribution in [2.45, 2.75) is 6.92 Å². The van der Waals surface area contributed by atoms with Crippen molar-refractivity contribution in [3.63, 3.8) is 0 Å². The molecule has 0 bridgehead atoms. The number of nitrogens with zero attached hydrogens (tertiary/aromatic N) is 3. The highest BCUT2D eigenvalue weighted by Crippen LogP contribution is 2.13. The summed E-state index contributed by atoms with van der Waals surface area (Å²) in [6, 6.07) is 14.5. The number of hydrogen-bond donors (Lipinski definition) is 2. The van der Waals surface area contributed by atoms with Gasteiger partial charge in [0, 0.05) is 11.8 Å². The Labute approximate surface area is 126 Å². The Balaban J connectivity index is 1.67. The lowest BCUT2D eigenvalue weighted by molar-refractivity contribution is 0.102. The quantitative estimate of drug-likeness (QED) is 0.768. The Hall–Kier alpha value is -3.22. The molecule has 1 aromatic carbocycles. The van der Waals surface area contributed by atoms with Crippen molar-refractivity contribution < 1.29 is 9.32 Å². The Morgan fingerprint density at radius 1 is 1.05 bits per heavy atom. The van der Waals surface area contributed by atoms with Crippen LogP contribution in [0.15, 0.2) is 53.1 Å². The lowest BCUT2D eigenvalue weighted by Gasteiger charge is -2.05. The summed E-state index contributed by atoms with van der Waals surface area (Å²) >= 11 is 0. The summed E-state index contributed by atoms with van der Waals surface area (Å²) in [5.41, 5.74) is 1.09. The van der Waals surface area contributed by atoms with Gasteiger partial charge in [0.2, 0.25) is 0 Å². The smallest absolute Gasteiger partial charge is 0.277 e. The Morgan fingerprint density at radius 2 is 1.86 bits per heavy atom. The number of carbonyl (C=O) groups is 1. The molecule has 22 heavy (non-hydrogen) atoms. The van der Waals surface area contributed by atoms with Gasteiger partial charge in [0.15, 0.2) is 17.3 Å². The second-order valence-electron chi connectivity index (χ2n) is 4.57. The van der Waals surface area contributed by atoms with E-state index in [4.69, 9.17) is 4.52 Å². The van der Waals surface area contributed by atoms with Crippen LogP contribution >= 0.6 is 0 Å². The summed E-state index contributed by atoms with van der Waals surface area (Å²) in [4.78, 5) is 12.0. The molecule has 2 aromatic heterocycles. The minimum absolute atomic E-state index is 0.194. The van der Waals surface area contributed by atoms with Gasteiger partial charge < -0.3 is 15.2 Å². The average Bonchev–Trinajstić information content (AvgIpc) is 2.94. The van der Waals surface area contributed by atoms with E-state index in [9.17, 15) is 4.79 Å². The maximum Gasteiger partial charge on any atom is 0.277 e. The predicted molar refractivity (Wildman–Crippen MR) is 80.9 cm³/mol. The van der Waals surface area contributed by atoms with Crippen molar-refractivity contribution in [3.05, 3.63) is 60.0 Å². The molecular formula is C15H13N5O2. The third-order valence-electron chi connectivity index (χ3n) is 2.81. The van der Waals surface area contributed by atoms with Crippen LogP contribution in [0.3, 0.4) is 0 Å². The Bertz CT molecular complexity index is 768. The Morgan fingerprint density at radius 3 is 2.50 bits per heavy atom. The number of para-hydroxylation sites is 1. The van der Waals surface area contributed by atoms with E-state index in [1.165, 1.54) is 0 Å². The molecule has 0 radical (unpaired) electrons. The van der Waals surface area contributed by atoms with E-state index in [1.807, 2.05) is 30.3 Å². The summed E-state index contributed by atoms with van der Waals surface area (Å²) in [7, 11) is 0. The summed E-state index contributed by atoms with van der Waals surface area (Å²) in [6.45, 7) is 1.74. The van der Waals surface area contributed by atoms with Gasteiger partial charge in [-0.05, 0) is 31.2 Å². The van der Waals surface area contributed by atoms with Crippen LogP contribution in [0.5, 0.6) is 0 Å². The highest BCUT2D eigenvalue weighted by molar-refractivity contribution is 6.02. The van der Waals surface area contributed by atoms with E-state index in [0.717, 1.165) is 5.69 Å². The molecule has 0 atom stereocenters. The molecule has 2 heterocycles. The van der Waals surface area contributed by atoms with Gasteiger partial charge in [0.05, 0.1) is 0 Å². The topological polar surface area (TPSA) is 92.9 Å². The molecule has 3 rings (SSSR count). The lowest BCUT2D eigenvalue weighted by atomic mass is 10.3. The third-order valence-corrected chi connectivity index (χ3v) is 2.81. The van der Waals surface area contributed by atoms with Crippen LogP contribution < -0.4 is 10.6 Å². The van der Waals surface area contributed by atoms with E-state index >= 15 is 0 Å². The van der Waals surface area contributed by atoms with Crippen molar-refractivity contribution in [2.75, 3.05) is 10.6 Å². The molecule has 0 saturated heterocycles. The van der Waals surface area contributed by atoms with Gasteiger partial charge >= 0.3 is 0 Å². The molecule has 0 unspecified atom stereocenters. The molecule has 0 aliphatic carbocycles. The molecule has 0 fully saturated rings. The van der Waals surface area contributed by atoms with Crippen LogP contribution in [0.25, 0.3) is 0 Å². The molecule has 7 nitrogen and oxygen atoms in total. The van der Waals surface area contributed by atoms with Crippen molar-refractivity contribution in [1.82, 2.24) is 15.4 Å². The first-order valence-electron chi connectivity index (χ1n) is 6.61. The zero-order chi connectivity index (χ0) is 15.4. The Kier molecular flexibility index (Phi) is 3.78. The van der Waals surface area contributed by atoms with Gasteiger partial charge in [-0.1, -0.05) is 23.4 Å². The molecule has 7 heteroatoms. The van der Waals surface area contributed by atoms with Crippen LogP contribution in [-0.4, -0.2) is 21.3 Å². The van der Waals surface area contributed by atoms with Gasteiger partial charge in [0.1, 0.15) is 5.76 Å². The number of nitrogens with one attached hydrogen (secondary N) is 2. The van der Waals surface area contributed by atoms with Gasteiger partial charge in [-0.2, -0.15) is 0 Å². The molecule has 0 aliphatic heterocycles. The molecule has 1 amide bonds. The van der Waals surface area contributed by atoms with Crippen LogP contribution in [0.2, 0.25) is 0 Å². The fourth-order valence-electron chi connectivity index (χ4n) is 1.80. The third kappa shape index (κ3) is 3.26. The number of benzene rings is 1. The first-order valence-corrected chi connectivity index (χ1v) is 6.61. The molecule has 0 spiro atoms. The second-order valence-corrected chi connectivity index (χ2v) is 4.57. The van der Waals surface area contributed by atoms with Crippen molar-refractivity contribution in [3.8, 4) is 0 Å². The minimum Gasteiger partial charge on any atom is -0.360 e. The van der Waals surface area contributed by atoms with Crippen molar-refractivity contribution in [2.24, 2.45) is 0 Å². The van der Waals surface area contributed by atoms with Gasteiger partial charge in [0.25, 0.3) is 5.91 Å². The molecule has 110 valence electrons. The molecular weight excluding hydrogens is 282 g/mol. The summed E-state index contributed by atoms with van der Waals surface area (Å²) < 4.78 is 4.88. The van der Waals surface area contributed by atoms with Crippen LogP contribution in [-0.2, 0) is 0 Å². The van der Waals surface area contributed by atoms with E-state index in [1.54, 1.807) is 25.1 Å². The highest BCUT2D eigenvalue weighted by atomic mass is 16.5. The monoisotopic (exact) mass is 295 g/mol. The molecule has 0 aliphatic rings. The van der Waals surface area contributed by atoms with E-state index < -0.39 is 5.91 Å². The van der Waals surface area contributed by atoms with Crippen molar-refractivity contribution >= 4 is 23.2 Å². The zero-order valence-electron chi connectivity index (χ0n) is 11.8. The standard InChI is InChI=1S/C15H13N5O2/c1-10-9-14(20-22-10)17-15(21)12-7-8-13(19-18-12)16-11-5-3-2-4-6-11/h2-9H,1H3,(H,16,19)(H,17,20,21).